The Morgan fingerprint density at radius 2 is 1.06 bits per heavy atom. The first kappa shape index (κ1) is 12.1. The molecule has 0 bridgehead atoms. The van der Waals surface area contributed by atoms with E-state index in [2.05, 4.69) is 30.4 Å². The van der Waals surface area contributed by atoms with Crippen molar-refractivity contribution in [2.75, 3.05) is 14.2 Å². The van der Waals surface area contributed by atoms with Gasteiger partial charge in [-0.3, -0.25) is 0 Å². The van der Waals surface area contributed by atoms with Crippen LogP contribution in [-0.2, 0) is 0 Å². The molecule has 2 rings (SSSR count). The first-order valence-electron chi connectivity index (χ1n) is 5.16. The minimum absolute atomic E-state index is 0.174. The van der Waals surface area contributed by atoms with Crippen molar-refractivity contribution in [1.82, 2.24) is 30.4 Å². The molecule has 8 heteroatoms. The highest BCUT2D eigenvalue weighted by Crippen LogP contribution is 2.22. The summed E-state index contributed by atoms with van der Waals surface area (Å²) in [6, 6.07) is 0.347. The summed E-state index contributed by atoms with van der Waals surface area (Å²) >= 11 is 0. The Morgan fingerprint density at radius 1 is 0.667 bits per heavy atom. The molecule has 0 aliphatic carbocycles. The maximum atomic E-state index is 4.95. The Balaban J connectivity index is 2.60. The highest BCUT2D eigenvalue weighted by atomic mass is 16.5. The molecule has 2 aromatic heterocycles. The third-order valence-electron chi connectivity index (χ3n) is 2.26. The smallest absolute Gasteiger partial charge is 0.336 e. The van der Waals surface area contributed by atoms with Crippen LogP contribution >= 0.6 is 0 Å². The van der Waals surface area contributed by atoms with Gasteiger partial charge in [-0.05, 0) is 13.8 Å². The van der Waals surface area contributed by atoms with Crippen molar-refractivity contribution >= 4 is 0 Å². The van der Waals surface area contributed by atoms with Crippen molar-refractivity contribution in [3.05, 3.63) is 11.4 Å². The number of aromatic nitrogens is 6. The van der Waals surface area contributed by atoms with Crippen LogP contribution < -0.4 is 9.47 Å². The van der Waals surface area contributed by atoms with Crippen LogP contribution in [0.2, 0.25) is 0 Å². The van der Waals surface area contributed by atoms with E-state index in [4.69, 9.17) is 9.47 Å². The summed E-state index contributed by atoms with van der Waals surface area (Å²) in [6.07, 6.45) is 0. The highest BCUT2D eigenvalue weighted by molar-refractivity contribution is 5.59. The van der Waals surface area contributed by atoms with Gasteiger partial charge in [0, 0.05) is 0 Å². The molecule has 0 saturated heterocycles. The van der Waals surface area contributed by atoms with Gasteiger partial charge in [0.1, 0.15) is 11.4 Å². The van der Waals surface area contributed by atoms with Gasteiger partial charge in [-0.25, -0.2) is 0 Å². The van der Waals surface area contributed by atoms with E-state index in [-0.39, 0.29) is 12.0 Å². The summed E-state index contributed by atoms with van der Waals surface area (Å²) in [5, 5.41) is 15.5. The third kappa shape index (κ3) is 2.17. The van der Waals surface area contributed by atoms with Crippen LogP contribution in [0.4, 0.5) is 0 Å². The van der Waals surface area contributed by atoms with Gasteiger partial charge in [0.15, 0.2) is 0 Å². The molecule has 0 amide bonds. The number of aryl methyl sites for hydroxylation is 2. The molecule has 0 spiro atoms. The Hall–Kier alpha value is -2.38. The topological polar surface area (TPSA) is 95.8 Å². The van der Waals surface area contributed by atoms with Crippen molar-refractivity contribution in [2.24, 2.45) is 0 Å². The number of methoxy groups -OCH3 is 2. The number of ether oxygens (including phenoxy) is 2. The molecule has 0 atom stereocenters. The first-order chi connectivity index (χ1) is 8.65. The van der Waals surface area contributed by atoms with E-state index >= 15 is 0 Å². The molecule has 94 valence electrons. The zero-order valence-corrected chi connectivity index (χ0v) is 10.5. The molecule has 18 heavy (non-hydrogen) atoms. The highest BCUT2D eigenvalue weighted by Gasteiger charge is 2.15. The molecule has 2 heterocycles. The molecule has 0 N–H and O–H groups in total. The third-order valence-corrected chi connectivity index (χ3v) is 2.26. The van der Waals surface area contributed by atoms with Crippen molar-refractivity contribution in [3.8, 4) is 23.4 Å². The normalized spacial score (nSPS) is 10.2. The van der Waals surface area contributed by atoms with E-state index in [0.29, 0.717) is 22.8 Å². The average Bonchev–Trinajstić information content (AvgIpc) is 2.40. The summed E-state index contributed by atoms with van der Waals surface area (Å²) in [6.45, 7) is 3.56. The molecule has 0 radical (unpaired) electrons. The van der Waals surface area contributed by atoms with Gasteiger partial charge in [-0.1, -0.05) is 10.2 Å². The zero-order valence-electron chi connectivity index (χ0n) is 10.5. The number of hydrogen-bond acceptors (Lipinski definition) is 8. The quantitative estimate of drug-likeness (QED) is 0.768. The lowest BCUT2D eigenvalue weighted by Crippen LogP contribution is -2.05. The van der Waals surface area contributed by atoms with Crippen molar-refractivity contribution in [3.63, 3.8) is 0 Å². The fourth-order valence-corrected chi connectivity index (χ4v) is 1.35. The van der Waals surface area contributed by atoms with Crippen LogP contribution in [0, 0.1) is 13.8 Å². The van der Waals surface area contributed by atoms with Crippen molar-refractivity contribution in [1.29, 1.82) is 0 Å². The van der Waals surface area contributed by atoms with E-state index in [1.165, 1.54) is 14.2 Å². The Labute approximate surface area is 103 Å². The summed E-state index contributed by atoms with van der Waals surface area (Å²) in [7, 11) is 2.95. The number of rotatable bonds is 3. The average molecular weight is 248 g/mol. The monoisotopic (exact) mass is 248 g/mol. The molecular formula is C10H12N6O2. The number of hydrogen-bond donors (Lipinski definition) is 0. The van der Waals surface area contributed by atoms with Gasteiger partial charge in [0.25, 0.3) is 0 Å². The van der Waals surface area contributed by atoms with Gasteiger partial charge < -0.3 is 9.47 Å². The molecular weight excluding hydrogens is 236 g/mol. The summed E-state index contributed by atoms with van der Waals surface area (Å²) < 4.78 is 9.90. The lowest BCUT2D eigenvalue weighted by Gasteiger charge is -2.07. The lowest BCUT2D eigenvalue weighted by atomic mass is 10.2. The van der Waals surface area contributed by atoms with Gasteiger partial charge in [0.05, 0.1) is 25.6 Å². The minimum atomic E-state index is 0.174. The fourth-order valence-electron chi connectivity index (χ4n) is 1.35. The van der Waals surface area contributed by atoms with Crippen LogP contribution in [0.5, 0.6) is 12.0 Å². The van der Waals surface area contributed by atoms with Gasteiger partial charge in [0.2, 0.25) is 0 Å². The number of nitrogens with zero attached hydrogens (tertiary/aromatic N) is 6. The molecule has 8 nitrogen and oxygen atoms in total. The van der Waals surface area contributed by atoms with Gasteiger partial charge >= 0.3 is 12.0 Å². The van der Waals surface area contributed by atoms with Crippen LogP contribution in [0.25, 0.3) is 11.4 Å². The molecule has 0 aliphatic heterocycles. The summed E-state index contributed by atoms with van der Waals surface area (Å²) in [5.41, 5.74) is 2.35. The Bertz CT molecular complexity index is 523. The molecule has 2 aromatic rings. The van der Waals surface area contributed by atoms with Crippen LogP contribution in [0.15, 0.2) is 0 Å². The summed E-state index contributed by atoms with van der Waals surface area (Å²) in [5.74, 6) is 0. The van der Waals surface area contributed by atoms with E-state index in [1.54, 1.807) is 13.8 Å². The first-order valence-corrected chi connectivity index (χ1v) is 5.16. The van der Waals surface area contributed by atoms with Crippen LogP contribution in [0.1, 0.15) is 11.4 Å². The zero-order chi connectivity index (χ0) is 13.1. The fraction of sp³-hybridized carbons (Fsp3) is 0.400. The second kappa shape index (κ2) is 4.86. The molecule has 0 saturated carbocycles. The molecule has 0 unspecified atom stereocenters. The maximum absolute atomic E-state index is 4.95. The van der Waals surface area contributed by atoms with Crippen LogP contribution in [-0.4, -0.2) is 44.6 Å². The standard InChI is InChI=1S/C10H12N6O2/c1-5-7(11-9(17-3)15-13-5)8-6(2)14-16-10(12-8)18-4/h1-4H3. The van der Waals surface area contributed by atoms with Gasteiger partial charge in [-0.15, -0.1) is 10.2 Å². The molecule has 0 aliphatic rings. The summed E-state index contributed by atoms with van der Waals surface area (Å²) in [4.78, 5) is 8.43. The lowest BCUT2D eigenvalue weighted by molar-refractivity contribution is 0.370. The van der Waals surface area contributed by atoms with Crippen molar-refractivity contribution < 1.29 is 9.47 Å². The Morgan fingerprint density at radius 3 is 1.39 bits per heavy atom. The van der Waals surface area contributed by atoms with E-state index in [1.807, 2.05) is 0 Å². The Kier molecular flexibility index (Phi) is 3.26. The van der Waals surface area contributed by atoms with Crippen molar-refractivity contribution in [2.45, 2.75) is 13.8 Å². The van der Waals surface area contributed by atoms with E-state index < -0.39 is 0 Å². The van der Waals surface area contributed by atoms with E-state index in [0.717, 1.165) is 0 Å². The predicted molar refractivity (Wildman–Crippen MR) is 61.2 cm³/mol. The second-order valence-corrected chi connectivity index (χ2v) is 3.47. The maximum Gasteiger partial charge on any atom is 0.336 e. The van der Waals surface area contributed by atoms with Gasteiger partial charge in [-0.2, -0.15) is 9.97 Å². The SMILES string of the molecule is COc1nnc(C)c(-c2nc(OC)nnc2C)n1. The predicted octanol–water partition coefficient (Wildman–Crippen LogP) is 0.358. The molecule has 0 fully saturated rings. The second-order valence-electron chi connectivity index (χ2n) is 3.47. The largest absolute Gasteiger partial charge is 0.466 e. The van der Waals surface area contributed by atoms with Crippen LogP contribution in [0.3, 0.4) is 0 Å². The minimum Gasteiger partial charge on any atom is -0.466 e. The van der Waals surface area contributed by atoms with E-state index in [9.17, 15) is 0 Å². The molecule has 0 aromatic carbocycles.